The lowest BCUT2D eigenvalue weighted by Gasteiger charge is -2.34. The minimum Gasteiger partial charge on any atom is -0.345 e. The molecular formula is C23H24N4O2. The van der Waals surface area contributed by atoms with Crippen LogP contribution in [0, 0.1) is 12.8 Å². The van der Waals surface area contributed by atoms with Crippen molar-refractivity contribution in [3.8, 4) is 0 Å². The van der Waals surface area contributed by atoms with E-state index in [0.717, 1.165) is 53.5 Å². The number of aromatic nitrogens is 2. The molecule has 0 radical (unpaired) electrons. The fourth-order valence-electron chi connectivity index (χ4n) is 4.71. The number of hydrogen-bond acceptors (Lipinski definition) is 3. The van der Waals surface area contributed by atoms with Crippen molar-refractivity contribution in [2.24, 2.45) is 5.92 Å². The Labute approximate surface area is 169 Å². The Morgan fingerprint density at radius 3 is 2.79 bits per heavy atom. The molecule has 1 saturated carbocycles. The molecule has 1 aromatic heterocycles. The van der Waals surface area contributed by atoms with Gasteiger partial charge in [0.2, 0.25) is 5.91 Å². The quantitative estimate of drug-likeness (QED) is 0.711. The first-order valence-electron chi connectivity index (χ1n) is 10.2. The third kappa shape index (κ3) is 3.18. The van der Waals surface area contributed by atoms with Crippen LogP contribution in [0.3, 0.4) is 0 Å². The van der Waals surface area contributed by atoms with E-state index in [9.17, 15) is 9.59 Å². The van der Waals surface area contributed by atoms with Crippen LogP contribution in [-0.4, -0.2) is 32.7 Å². The Balaban J connectivity index is 1.21. The first-order chi connectivity index (χ1) is 14.1. The summed E-state index contributed by atoms with van der Waals surface area (Å²) < 4.78 is 0. The van der Waals surface area contributed by atoms with Gasteiger partial charge in [0.25, 0.3) is 5.91 Å². The summed E-state index contributed by atoms with van der Waals surface area (Å²) in [5.74, 6) is 0.198. The standard InChI is InChI=1S/C23H24N4O2/c1-14-3-2-4-18-19(14)12-27(23(18)29)17-8-5-15(6-9-17)22(28)26-16-7-10-20-21(11-16)25-13-24-20/h2-4,7,10-11,13,15,17H,5-6,8-9,12H2,1H3,(H,24,25)(H,26,28). The molecule has 6 heteroatoms. The van der Waals surface area contributed by atoms with Crippen LogP contribution in [0.2, 0.25) is 0 Å². The molecule has 6 nitrogen and oxygen atoms in total. The molecule has 2 heterocycles. The number of anilines is 1. The highest BCUT2D eigenvalue weighted by molar-refractivity contribution is 5.99. The van der Waals surface area contributed by atoms with Crippen molar-refractivity contribution in [1.29, 1.82) is 0 Å². The van der Waals surface area contributed by atoms with Gasteiger partial charge in [-0.1, -0.05) is 12.1 Å². The zero-order valence-electron chi connectivity index (χ0n) is 16.4. The maximum atomic E-state index is 12.8. The normalized spacial score (nSPS) is 21.4. The summed E-state index contributed by atoms with van der Waals surface area (Å²) in [7, 11) is 0. The smallest absolute Gasteiger partial charge is 0.254 e. The van der Waals surface area contributed by atoms with E-state index in [4.69, 9.17) is 0 Å². The fraction of sp³-hybridized carbons (Fsp3) is 0.348. The number of aromatic amines is 1. The van der Waals surface area contributed by atoms with Gasteiger partial charge in [-0.05, 0) is 68.0 Å². The van der Waals surface area contributed by atoms with E-state index in [0.29, 0.717) is 6.54 Å². The summed E-state index contributed by atoms with van der Waals surface area (Å²) >= 11 is 0. The third-order valence-electron chi connectivity index (χ3n) is 6.43. The highest BCUT2D eigenvalue weighted by Crippen LogP contribution is 2.34. The Bertz CT molecular complexity index is 1100. The highest BCUT2D eigenvalue weighted by Gasteiger charge is 2.36. The lowest BCUT2D eigenvalue weighted by molar-refractivity contribution is -0.121. The molecule has 0 atom stereocenters. The number of hydrogen-bond donors (Lipinski definition) is 2. The SMILES string of the molecule is Cc1cccc2c1CN(C1CCC(C(=O)Nc3ccc4nc[nH]c4c3)CC1)C2=O. The molecule has 0 bridgehead atoms. The van der Waals surface area contributed by atoms with Crippen molar-refractivity contribution in [2.45, 2.75) is 45.2 Å². The zero-order chi connectivity index (χ0) is 20.0. The van der Waals surface area contributed by atoms with Crippen LogP contribution in [0.25, 0.3) is 11.0 Å². The first-order valence-corrected chi connectivity index (χ1v) is 10.2. The van der Waals surface area contributed by atoms with Gasteiger partial charge >= 0.3 is 0 Å². The van der Waals surface area contributed by atoms with Crippen LogP contribution < -0.4 is 5.32 Å². The van der Waals surface area contributed by atoms with Crippen molar-refractivity contribution >= 4 is 28.5 Å². The summed E-state index contributed by atoms with van der Waals surface area (Å²) in [5, 5.41) is 3.04. The Morgan fingerprint density at radius 2 is 2.00 bits per heavy atom. The molecule has 5 rings (SSSR count). The molecule has 2 N–H and O–H groups in total. The molecule has 2 aromatic carbocycles. The van der Waals surface area contributed by atoms with Gasteiger partial charge in [0.15, 0.2) is 0 Å². The van der Waals surface area contributed by atoms with Crippen LogP contribution >= 0.6 is 0 Å². The average Bonchev–Trinajstić information content (AvgIpc) is 3.33. The van der Waals surface area contributed by atoms with Gasteiger partial charge < -0.3 is 15.2 Å². The number of aryl methyl sites for hydroxylation is 1. The van der Waals surface area contributed by atoms with E-state index >= 15 is 0 Å². The van der Waals surface area contributed by atoms with Crippen LogP contribution in [0.5, 0.6) is 0 Å². The topological polar surface area (TPSA) is 78.1 Å². The lowest BCUT2D eigenvalue weighted by atomic mass is 9.84. The number of H-pyrrole nitrogens is 1. The molecule has 2 aliphatic rings. The first kappa shape index (κ1) is 17.9. The summed E-state index contributed by atoms with van der Waals surface area (Å²) in [6, 6.07) is 11.9. The van der Waals surface area contributed by atoms with Gasteiger partial charge in [-0.15, -0.1) is 0 Å². The third-order valence-corrected chi connectivity index (χ3v) is 6.43. The van der Waals surface area contributed by atoms with E-state index in [1.54, 1.807) is 6.33 Å². The fourth-order valence-corrected chi connectivity index (χ4v) is 4.71. The minimum absolute atomic E-state index is 0.00877. The van der Waals surface area contributed by atoms with Gasteiger partial charge in [0, 0.05) is 29.8 Å². The summed E-state index contributed by atoms with van der Waals surface area (Å²) in [6.07, 6.45) is 5.01. The van der Waals surface area contributed by atoms with Crippen LogP contribution in [-0.2, 0) is 11.3 Å². The van der Waals surface area contributed by atoms with Gasteiger partial charge in [-0.25, -0.2) is 4.98 Å². The molecule has 0 spiro atoms. The van der Waals surface area contributed by atoms with E-state index in [-0.39, 0.29) is 23.8 Å². The van der Waals surface area contributed by atoms with Gasteiger partial charge in [0.05, 0.1) is 17.4 Å². The lowest BCUT2D eigenvalue weighted by Crippen LogP contribution is -2.40. The predicted molar refractivity (Wildman–Crippen MR) is 112 cm³/mol. The molecule has 1 aliphatic heterocycles. The average molecular weight is 388 g/mol. The Morgan fingerprint density at radius 1 is 1.17 bits per heavy atom. The number of imidazole rings is 1. The van der Waals surface area contributed by atoms with Crippen LogP contribution in [0.15, 0.2) is 42.7 Å². The van der Waals surface area contributed by atoms with Crippen molar-refractivity contribution in [2.75, 3.05) is 5.32 Å². The number of amides is 2. The molecule has 0 unspecified atom stereocenters. The van der Waals surface area contributed by atoms with E-state index in [1.165, 1.54) is 5.56 Å². The Kier molecular flexibility index (Phi) is 4.34. The summed E-state index contributed by atoms with van der Waals surface area (Å²) in [4.78, 5) is 34.8. The molecule has 3 aromatic rings. The molecule has 0 saturated heterocycles. The number of benzene rings is 2. The monoisotopic (exact) mass is 388 g/mol. The second-order valence-electron chi connectivity index (χ2n) is 8.16. The van der Waals surface area contributed by atoms with Crippen molar-refractivity contribution in [3.05, 3.63) is 59.4 Å². The van der Waals surface area contributed by atoms with Gasteiger partial charge in [0.1, 0.15) is 0 Å². The molecule has 2 amide bonds. The number of fused-ring (bicyclic) bond motifs is 2. The van der Waals surface area contributed by atoms with E-state index in [2.05, 4.69) is 28.3 Å². The van der Waals surface area contributed by atoms with E-state index < -0.39 is 0 Å². The maximum absolute atomic E-state index is 12.8. The summed E-state index contributed by atoms with van der Waals surface area (Å²) in [6.45, 7) is 2.77. The molecule has 1 fully saturated rings. The zero-order valence-corrected chi connectivity index (χ0v) is 16.4. The Hall–Kier alpha value is -3.15. The molecular weight excluding hydrogens is 364 g/mol. The number of carbonyl (C=O) groups excluding carboxylic acids is 2. The van der Waals surface area contributed by atoms with Gasteiger partial charge in [-0.2, -0.15) is 0 Å². The number of nitrogens with zero attached hydrogens (tertiary/aromatic N) is 2. The number of nitrogens with one attached hydrogen (secondary N) is 2. The molecule has 148 valence electrons. The maximum Gasteiger partial charge on any atom is 0.254 e. The van der Waals surface area contributed by atoms with Crippen molar-refractivity contribution < 1.29 is 9.59 Å². The minimum atomic E-state index is -0.00877. The van der Waals surface area contributed by atoms with Crippen LogP contribution in [0.1, 0.15) is 47.2 Å². The second kappa shape index (κ2) is 7.03. The van der Waals surface area contributed by atoms with Crippen LogP contribution in [0.4, 0.5) is 5.69 Å². The second-order valence-corrected chi connectivity index (χ2v) is 8.16. The van der Waals surface area contributed by atoms with Crippen molar-refractivity contribution in [1.82, 2.24) is 14.9 Å². The number of carbonyl (C=O) groups is 2. The highest BCUT2D eigenvalue weighted by atomic mass is 16.2. The molecule has 29 heavy (non-hydrogen) atoms. The largest absolute Gasteiger partial charge is 0.345 e. The van der Waals surface area contributed by atoms with Crippen molar-refractivity contribution in [3.63, 3.8) is 0 Å². The molecule has 1 aliphatic carbocycles. The predicted octanol–water partition coefficient (Wildman–Crippen LogP) is 4.02. The number of rotatable bonds is 3. The summed E-state index contributed by atoms with van der Waals surface area (Å²) in [5.41, 5.74) is 5.77. The van der Waals surface area contributed by atoms with E-state index in [1.807, 2.05) is 35.2 Å². The van der Waals surface area contributed by atoms with Gasteiger partial charge in [-0.3, -0.25) is 9.59 Å².